The number of aliphatic hydroxyl groups excluding tert-OH is 1. The number of allylic oxidation sites excluding steroid dienone is 3. The first-order valence-corrected chi connectivity index (χ1v) is 14.0. The third-order valence-electron chi connectivity index (χ3n) is 10.0. The van der Waals surface area contributed by atoms with Crippen LogP contribution in [0.3, 0.4) is 0 Å². The summed E-state index contributed by atoms with van der Waals surface area (Å²) in [5.41, 5.74) is -0.314. The van der Waals surface area contributed by atoms with Gasteiger partial charge in [0.15, 0.2) is 5.78 Å². The first kappa shape index (κ1) is 25.3. The largest absolute Gasteiger partial charge is 0.507 e. The van der Waals surface area contributed by atoms with Gasteiger partial charge in [0.2, 0.25) is 5.91 Å². The van der Waals surface area contributed by atoms with Crippen molar-refractivity contribution in [2.75, 3.05) is 6.54 Å². The molecule has 0 radical (unpaired) electrons. The molecular weight excluding hydrogens is 488 g/mol. The van der Waals surface area contributed by atoms with E-state index in [1.807, 2.05) is 12.2 Å². The third-order valence-corrected chi connectivity index (χ3v) is 10.0. The molecule has 9 nitrogen and oxygen atoms in total. The number of ether oxygens (including phenoxy) is 2. The fourth-order valence-electron chi connectivity index (χ4n) is 8.49. The van der Waals surface area contributed by atoms with E-state index in [0.717, 1.165) is 25.7 Å². The normalized spacial score (nSPS) is 47.6. The Morgan fingerprint density at radius 1 is 1.05 bits per heavy atom. The zero-order valence-corrected chi connectivity index (χ0v) is 21.8. The Morgan fingerprint density at radius 3 is 2.66 bits per heavy atom. The van der Waals surface area contributed by atoms with E-state index >= 15 is 0 Å². The Morgan fingerprint density at radius 2 is 1.87 bits per heavy atom. The molecule has 0 spiro atoms. The van der Waals surface area contributed by atoms with E-state index in [2.05, 4.69) is 17.6 Å². The second kappa shape index (κ2) is 9.67. The lowest BCUT2D eigenvalue weighted by Crippen LogP contribution is -2.44. The number of hydrogen-bond acceptors (Lipinski definition) is 7. The van der Waals surface area contributed by atoms with Crippen molar-refractivity contribution < 1.29 is 33.8 Å². The van der Waals surface area contributed by atoms with Crippen molar-refractivity contribution >= 4 is 23.6 Å². The van der Waals surface area contributed by atoms with E-state index < -0.39 is 29.8 Å². The highest BCUT2D eigenvalue weighted by Crippen LogP contribution is 2.65. The number of nitrogens with one attached hydrogen (secondary N) is 2. The number of rotatable bonds is 1. The van der Waals surface area contributed by atoms with Crippen LogP contribution in [0.1, 0.15) is 46.0 Å². The predicted molar refractivity (Wildman–Crippen MR) is 135 cm³/mol. The van der Waals surface area contributed by atoms with E-state index in [-0.39, 0.29) is 36.1 Å². The van der Waals surface area contributed by atoms with Crippen LogP contribution in [0.25, 0.3) is 0 Å². The van der Waals surface area contributed by atoms with Crippen molar-refractivity contribution in [3.05, 3.63) is 35.6 Å². The number of hydrogen-bond donors (Lipinski definition) is 3. The Kier molecular flexibility index (Phi) is 6.45. The lowest BCUT2D eigenvalue weighted by atomic mass is 9.64. The van der Waals surface area contributed by atoms with Crippen LogP contribution < -0.4 is 10.6 Å². The third kappa shape index (κ3) is 4.28. The van der Waals surface area contributed by atoms with Gasteiger partial charge in [-0.2, -0.15) is 0 Å². The zero-order chi connectivity index (χ0) is 26.7. The van der Waals surface area contributed by atoms with Crippen LogP contribution in [0.2, 0.25) is 0 Å². The van der Waals surface area contributed by atoms with Crippen LogP contribution in [0.4, 0.5) is 0 Å². The van der Waals surface area contributed by atoms with Crippen molar-refractivity contribution in [2.45, 2.75) is 70.3 Å². The molecule has 2 amide bonds. The van der Waals surface area contributed by atoms with Gasteiger partial charge in [0.1, 0.15) is 23.5 Å². The summed E-state index contributed by atoms with van der Waals surface area (Å²) in [4.78, 5) is 50.1. The Hall–Kier alpha value is -2.94. The Balaban J connectivity index is 1.30. The number of esters is 1. The molecule has 0 aromatic carbocycles. The fraction of sp³-hybridized carbons (Fsp3) is 0.655. The van der Waals surface area contributed by atoms with Crippen LogP contribution in [0.15, 0.2) is 35.6 Å². The van der Waals surface area contributed by atoms with Gasteiger partial charge in [0.25, 0.3) is 5.91 Å². The standard InChI is InChI=1S/C29H36N2O7/c1-13-23-17-8-6-15-7-9-20(33)24-26(35)25(31-29(24)36)21(37-14(2)32)10-11-30-22(34)5-3-4-16(15)18(17)12-19(23)28-27(13)38-28/h3,5,7,9,13,15-19,21,23,25,27-28,33H,4,6,8,10-12H2,1-2H3,(H,30,34)(H,31,36)/b5-3-,9-7+,24-20-/t13-,15-,16-,17+,18-,19-,21?,23+,25?,27+,28-/m0/s1. The fourth-order valence-corrected chi connectivity index (χ4v) is 8.49. The molecule has 6 aliphatic rings. The zero-order valence-electron chi connectivity index (χ0n) is 21.8. The summed E-state index contributed by atoms with van der Waals surface area (Å²) in [6, 6.07) is -1.12. The second-order valence-corrected chi connectivity index (χ2v) is 11.9. The number of carbonyl (C=O) groups excluding carboxylic acids is 4. The van der Waals surface area contributed by atoms with Gasteiger partial charge in [-0.1, -0.05) is 19.1 Å². The van der Waals surface area contributed by atoms with Gasteiger partial charge < -0.3 is 25.2 Å². The summed E-state index contributed by atoms with van der Waals surface area (Å²) in [5, 5.41) is 16.2. The molecule has 2 saturated heterocycles. The number of ketones is 1. The molecule has 3 aliphatic heterocycles. The number of fused-ring (bicyclic) bond motifs is 9. The molecule has 3 N–H and O–H groups in total. The van der Waals surface area contributed by atoms with Crippen LogP contribution in [-0.2, 0) is 28.7 Å². The Bertz CT molecular complexity index is 1140. The number of aliphatic hydroxyl groups is 1. The SMILES string of the molecule is CC(=O)OC1CCNC(=O)/C=C\C[C@@H]2[C@@H]3C[C@@H]4[C@@H]5O[C@@H]5[C@@H](C)[C@@H]4[C@@H]3CC[C@H]2/C=C/C(O)=C2/C(=O)NC1C2=O. The van der Waals surface area contributed by atoms with Crippen LogP contribution in [0.5, 0.6) is 0 Å². The average molecular weight is 525 g/mol. The molecular formula is C29H36N2O7. The van der Waals surface area contributed by atoms with Gasteiger partial charge >= 0.3 is 5.97 Å². The maximum absolute atomic E-state index is 13.2. The maximum Gasteiger partial charge on any atom is 0.302 e. The molecule has 9 heteroatoms. The van der Waals surface area contributed by atoms with Crippen molar-refractivity contribution in [2.24, 2.45) is 41.4 Å². The average Bonchev–Trinajstić information content (AvgIpc) is 3.38. The van der Waals surface area contributed by atoms with E-state index in [0.29, 0.717) is 47.7 Å². The molecule has 2 unspecified atom stereocenters. The topological polar surface area (TPSA) is 134 Å². The molecule has 0 aromatic rings. The van der Waals surface area contributed by atoms with Gasteiger partial charge in [-0.3, -0.25) is 19.2 Å². The first-order valence-electron chi connectivity index (χ1n) is 14.0. The van der Waals surface area contributed by atoms with Gasteiger partial charge in [-0.25, -0.2) is 0 Å². The minimum Gasteiger partial charge on any atom is -0.507 e. The smallest absolute Gasteiger partial charge is 0.302 e. The summed E-state index contributed by atoms with van der Waals surface area (Å²) in [5.74, 6) is 0.969. The first-order chi connectivity index (χ1) is 18.2. The summed E-state index contributed by atoms with van der Waals surface area (Å²) in [6.45, 7) is 3.71. The molecule has 6 rings (SSSR count). The van der Waals surface area contributed by atoms with E-state index in [1.165, 1.54) is 13.0 Å². The van der Waals surface area contributed by atoms with Crippen molar-refractivity contribution in [1.29, 1.82) is 0 Å². The number of epoxide rings is 1. The lowest BCUT2D eigenvalue weighted by molar-refractivity contribution is -0.149. The maximum atomic E-state index is 13.2. The highest BCUT2D eigenvalue weighted by atomic mass is 16.6. The van der Waals surface area contributed by atoms with E-state index in [4.69, 9.17) is 9.47 Å². The number of Topliss-reactive ketones (excluding diaryl/α,β-unsaturated/α-hetero) is 1. The predicted octanol–water partition coefficient (Wildman–Crippen LogP) is 2.13. The summed E-state index contributed by atoms with van der Waals surface area (Å²) >= 11 is 0. The monoisotopic (exact) mass is 524 g/mol. The molecule has 0 aromatic heterocycles. The van der Waals surface area contributed by atoms with Crippen LogP contribution in [-0.4, -0.2) is 59.6 Å². The van der Waals surface area contributed by atoms with E-state index in [1.54, 1.807) is 6.08 Å². The number of carbonyl (C=O) groups is 4. The van der Waals surface area contributed by atoms with Crippen molar-refractivity contribution in [3.8, 4) is 0 Å². The molecule has 5 fully saturated rings. The molecule has 204 valence electrons. The highest BCUT2D eigenvalue weighted by molar-refractivity contribution is 6.27. The summed E-state index contributed by atoms with van der Waals surface area (Å²) < 4.78 is 11.3. The van der Waals surface area contributed by atoms with Crippen molar-refractivity contribution in [3.63, 3.8) is 0 Å². The summed E-state index contributed by atoms with van der Waals surface area (Å²) in [7, 11) is 0. The Labute approximate surface area is 222 Å². The number of amides is 2. The van der Waals surface area contributed by atoms with Crippen LogP contribution in [0, 0.1) is 41.4 Å². The molecule has 3 heterocycles. The minimum absolute atomic E-state index is 0.138. The quantitative estimate of drug-likeness (QED) is 0.272. The summed E-state index contributed by atoms with van der Waals surface area (Å²) in [6.07, 6.45) is 10.9. The highest BCUT2D eigenvalue weighted by Gasteiger charge is 2.66. The van der Waals surface area contributed by atoms with Crippen LogP contribution >= 0.6 is 0 Å². The van der Waals surface area contributed by atoms with Gasteiger partial charge in [0.05, 0.1) is 12.2 Å². The molecule has 38 heavy (non-hydrogen) atoms. The van der Waals surface area contributed by atoms with Crippen molar-refractivity contribution in [1.82, 2.24) is 10.6 Å². The molecule has 11 atom stereocenters. The van der Waals surface area contributed by atoms with E-state index in [9.17, 15) is 24.3 Å². The minimum atomic E-state index is -1.12. The van der Waals surface area contributed by atoms with Gasteiger partial charge in [0, 0.05) is 19.9 Å². The van der Waals surface area contributed by atoms with Gasteiger partial charge in [-0.05, 0) is 79.3 Å². The molecule has 2 bridgehead atoms. The molecule has 3 saturated carbocycles. The van der Waals surface area contributed by atoms with Gasteiger partial charge in [-0.15, -0.1) is 0 Å². The second-order valence-electron chi connectivity index (χ2n) is 11.9. The lowest BCUT2D eigenvalue weighted by Gasteiger charge is -2.41. The molecule has 3 aliphatic carbocycles.